The molecule has 0 fully saturated rings. The molecule has 0 saturated heterocycles. The summed E-state index contributed by atoms with van der Waals surface area (Å²) in [5.74, 6) is -0.934. The van der Waals surface area contributed by atoms with E-state index in [4.69, 9.17) is 11.6 Å². The molecule has 6 heteroatoms. The average Bonchev–Trinajstić information content (AvgIpc) is 2.92. The molecule has 0 aliphatic rings. The SMILES string of the molecule is CC(NCCc1cccs1)(C(=O)O)c1ccccc1Cl.Cl. The van der Waals surface area contributed by atoms with Gasteiger partial charge in [-0.3, -0.25) is 5.32 Å². The van der Waals surface area contributed by atoms with Crippen LogP contribution in [0, 0.1) is 0 Å². The molecular weight excluding hydrogens is 329 g/mol. The van der Waals surface area contributed by atoms with E-state index in [2.05, 4.69) is 5.32 Å². The molecule has 2 aromatic rings. The molecule has 0 saturated carbocycles. The summed E-state index contributed by atoms with van der Waals surface area (Å²) in [7, 11) is 0. The van der Waals surface area contributed by atoms with Gasteiger partial charge in [0.15, 0.2) is 0 Å². The first-order valence-corrected chi connectivity index (χ1v) is 7.55. The van der Waals surface area contributed by atoms with E-state index in [1.807, 2.05) is 17.5 Å². The van der Waals surface area contributed by atoms with Crippen molar-refractivity contribution in [3.63, 3.8) is 0 Å². The lowest BCUT2D eigenvalue weighted by Gasteiger charge is -2.27. The molecule has 2 rings (SSSR count). The molecule has 2 N–H and O–H groups in total. The predicted molar refractivity (Wildman–Crippen MR) is 89.7 cm³/mol. The number of nitrogens with one attached hydrogen (secondary N) is 1. The van der Waals surface area contributed by atoms with E-state index in [1.54, 1.807) is 42.5 Å². The highest BCUT2D eigenvalue weighted by Crippen LogP contribution is 2.28. The lowest BCUT2D eigenvalue weighted by Crippen LogP contribution is -2.47. The van der Waals surface area contributed by atoms with Gasteiger partial charge in [0.2, 0.25) is 0 Å². The molecule has 0 aliphatic carbocycles. The maximum Gasteiger partial charge on any atom is 0.328 e. The van der Waals surface area contributed by atoms with Gasteiger partial charge in [0.1, 0.15) is 5.54 Å². The van der Waals surface area contributed by atoms with Gasteiger partial charge in [-0.05, 0) is 30.9 Å². The number of thiophene rings is 1. The van der Waals surface area contributed by atoms with Gasteiger partial charge < -0.3 is 5.11 Å². The second-order valence-corrected chi connectivity index (χ2v) is 6.11. The Morgan fingerprint density at radius 2 is 2.05 bits per heavy atom. The van der Waals surface area contributed by atoms with Gasteiger partial charge in [0.05, 0.1) is 0 Å². The van der Waals surface area contributed by atoms with Gasteiger partial charge in [-0.2, -0.15) is 0 Å². The summed E-state index contributed by atoms with van der Waals surface area (Å²) in [6.45, 7) is 2.22. The zero-order valence-electron chi connectivity index (χ0n) is 11.5. The molecule has 1 aromatic heterocycles. The minimum absolute atomic E-state index is 0. The molecule has 114 valence electrons. The molecule has 0 spiro atoms. The van der Waals surface area contributed by atoms with Crippen molar-refractivity contribution >= 4 is 41.3 Å². The zero-order valence-corrected chi connectivity index (χ0v) is 13.9. The normalized spacial score (nSPS) is 13.2. The Labute approximate surface area is 139 Å². The highest BCUT2D eigenvalue weighted by Gasteiger charge is 2.36. The Balaban J connectivity index is 0.00000220. The minimum atomic E-state index is -1.18. The Morgan fingerprint density at radius 1 is 1.33 bits per heavy atom. The highest BCUT2D eigenvalue weighted by atomic mass is 35.5. The lowest BCUT2D eigenvalue weighted by molar-refractivity contribution is -0.144. The number of hydrogen-bond acceptors (Lipinski definition) is 3. The molecule has 0 radical (unpaired) electrons. The quantitative estimate of drug-likeness (QED) is 0.833. The van der Waals surface area contributed by atoms with Crippen LogP contribution in [0.15, 0.2) is 41.8 Å². The predicted octanol–water partition coefficient (Wildman–Crippen LogP) is 3.96. The van der Waals surface area contributed by atoms with Crippen molar-refractivity contribution < 1.29 is 9.90 Å². The summed E-state index contributed by atoms with van der Waals surface area (Å²) in [6, 6.07) is 11.1. The van der Waals surface area contributed by atoms with Crippen LogP contribution in [0.2, 0.25) is 5.02 Å². The molecule has 0 aliphatic heterocycles. The van der Waals surface area contributed by atoms with E-state index in [-0.39, 0.29) is 12.4 Å². The van der Waals surface area contributed by atoms with Crippen molar-refractivity contribution in [3.05, 3.63) is 57.2 Å². The third-order valence-electron chi connectivity index (χ3n) is 3.27. The zero-order chi connectivity index (χ0) is 14.6. The first kappa shape index (κ1) is 18.0. The number of benzene rings is 1. The van der Waals surface area contributed by atoms with Crippen LogP contribution in [-0.4, -0.2) is 17.6 Å². The molecule has 0 bridgehead atoms. The van der Waals surface area contributed by atoms with Crippen molar-refractivity contribution in [2.75, 3.05) is 6.54 Å². The molecular formula is C15H17Cl2NO2S. The smallest absolute Gasteiger partial charge is 0.328 e. The Morgan fingerprint density at radius 3 is 2.62 bits per heavy atom. The van der Waals surface area contributed by atoms with Gasteiger partial charge in [-0.1, -0.05) is 35.9 Å². The number of carbonyl (C=O) groups is 1. The highest BCUT2D eigenvalue weighted by molar-refractivity contribution is 7.09. The van der Waals surface area contributed by atoms with E-state index in [0.29, 0.717) is 17.1 Å². The first-order valence-electron chi connectivity index (χ1n) is 6.30. The van der Waals surface area contributed by atoms with Crippen molar-refractivity contribution in [1.29, 1.82) is 0 Å². The van der Waals surface area contributed by atoms with E-state index < -0.39 is 11.5 Å². The number of halogens is 2. The summed E-state index contributed by atoms with van der Waals surface area (Å²) in [5.41, 5.74) is -0.601. The maximum atomic E-state index is 11.6. The second kappa shape index (κ2) is 7.80. The van der Waals surface area contributed by atoms with Gasteiger partial charge in [-0.25, -0.2) is 4.79 Å². The molecule has 1 unspecified atom stereocenters. The van der Waals surface area contributed by atoms with Gasteiger partial charge in [0, 0.05) is 22.0 Å². The third-order valence-corrected chi connectivity index (χ3v) is 4.54. The Bertz CT molecular complexity index is 589. The largest absolute Gasteiger partial charge is 0.480 e. The van der Waals surface area contributed by atoms with Gasteiger partial charge >= 0.3 is 5.97 Å². The number of carboxylic acid groups (broad SMARTS) is 1. The Hall–Kier alpha value is -1.07. The van der Waals surface area contributed by atoms with Crippen LogP contribution in [0.1, 0.15) is 17.4 Å². The third kappa shape index (κ3) is 4.20. The fraction of sp³-hybridized carbons (Fsp3) is 0.267. The molecule has 21 heavy (non-hydrogen) atoms. The summed E-state index contributed by atoms with van der Waals surface area (Å²) in [4.78, 5) is 12.9. The second-order valence-electron chi connectivity index (χ2n) is 4.67. The van der Waals surface area contributed by atoms with Gasteiger partial charge in [0.25, 0.3) is 0 Å². The summed E-state index contributed by atoms with van der Waals surface area (Å²) in [6.07, 6.45) is 0.797. The van der Waals surface area contributed by atoms with Crippen LogP contribution in [0.5, 0.6) is 0 Å². The fourth-order valence-corrected chi connectivity index (χ4v) is 3.08. The first-order chi connectivity index (χ1) is 9.54. The number of hydrogen-bond donors (Lipinski definition) is 2. The minimum Gasteiger partial charge on any atom is -0.480 e. The van der Waals surface area contributed by atoms with E-state index in [9.17, 15) is 9.90 Å². The standard InChI is InChI=1S/C15H16ClNO2S.ClH/c1-15(14(18)19,12-6-2-3-7-13(12)16)17-9-8-11-5-4-10-20-11;/h2-7,10,17H,8-9H2,1H3,(H,18,19);1H. The molecule has 1 atom stereocenters. The monoisotopic (exact) mass is 345 g/mol. The van der Waals surface area contributed by atoms with Crippen LogP contribution in [0.25, 0.3) is 0 Å². The number of aliphatic carboxylic acids is 1. The van der Waals surface area contributed by atoms with E-state index >= 15 is 0 Å². The fourth-order valence-electron chi connectivity index (χ4n) is 2.04. The Kier molecular flexibility index (Phi) is 6.68. The lowest BCUT2D eigenvalue weighted by atomic mass is 9.92. The molecule has 1 heterocycles. The molecule has 1 aromatic carbocycles. The van der Waals surface area contributed by atoms with Crippen LogP contribution >= 0.6 is 35.3 Å². The van der Waals surface area contributed by atoms with Crippen LogP contribution in [0.4, 0.5) is 0 Å². The van der Waals surface area contributed by atoms with Crippen LogP contribution in [0.3, 0.4) is 0 Å². The number of carboxylic acids is 1. The van der Waals surface area contributed by atoms with Crippen LogP contribution < -0.4 is 5.32 Å². The van der Waals surface area contributed by atoms with Crippen molar-refractivity contribution in [2.45, 2.75) is 18.9 Å². The average molecular weight is 346 g/mol. The van der Waals surface area contributed by atoms with Crippen LogP contribution in [-0.2, 0) is 16.8 Å². The molecule has 3 nitrogen and oxygen atoms in total. The topological polar surface area (TPSA) is 49.3 Å². The maximum absolute atomic E-state index is 11.6. The van der Waals surface area contributed by atoms with Crippen molar-refractivity contribution in [3.8, 4) is 0 Å². The summed E-state index contributed by atoms with van der Waals surface area (Å²) < 4.78 is 0. The van der Waals surface area contributed by atoms with Crippen molar-refractivity contribution in [2.24, 2.45) is 0 Å². The number of rotatable bonds is 6. The van der Waals surface area contributed by atoms with Gasteiger partial charge in [-0.15, -0.1) is 23.7 Å². The van der Waals surface area contributed by atoms with E-state index in [1.165, 1.54) is 4.88 Å². The summed E-state index contributed by atoms with van der Waals surface area (Å²) in [5, 5.41) is 15.1. The van der Waals surface area contributed by atoms with E-state index in [0.717, 1.165) is 6.42 Å². The molecule has 0 amide bonds. The van der Waals surface area contributed by atoms with Crippen molar-refractivity contribution in [1.82, 2.24) is 5.32 Å². The summed E-state index contributed by atoms with van der Waals surface area (Å²) >= 11 is 7.80.